The molecular weight excluding hydrogens is 300 g/mol. The van der Waals surface area contributed by atoms with E-state index in [9.17, 15) is 4.79 Å². The average Bonchev–Trinajstić information content (AvgIpc) is 3.05. The number of nitrogens with zero attached hydrogens (tertiary/aromatic N) is 3. The summed E-state index contributed by atoms with van der Waals surface area (Å²) < 4.78 is 0. The van der Waals surface area contributed by atoms with E-state index in [0.29, 0.717) is 18.8 Å². The number of para-hydroxylation sites is 1. The van der Waals surface area contributed by atoms with Crippen molar-refractivity contribution in [2.24, 2.45) is 0 Å². The number of fused-ring (bicyclic) bond motifs is 1. The van der Waals surface area contributed by atoms with Gasteiger partial charge in [0, 0.05) is 37.3 Å². The number of aryl methyl sites for hydroxylation is 1. The molecular formula is C19H20N4O. The first-order valence-corrected chi connectivity index (χ1v) is 8.26. The van der Waals surface area contributed by atoms with Crippen molar-refractivity contribution in [1.29, 1.82) is 0 Å². The van der Waals surface area contributed by atoms with Gasteiger partial charge in [-0.25, -0.2) is 0 Å². The second kappa shape index (κ2) is 6.00. The Balaban J connectivity index is 1.51. The normalized spacial score (nSPS) is 15.0. The molecule has 1 aliphatic rings. The molecule has 0 bridgehead atoms. The monoisotopic (exact) mass is 320 g/mol. The fourth-order valence-electron chi connectivity index (χ4n) is 3.25. The molecule has 1 N–H and O–H groups in total. The van der Waals surface area contributed by atoms with E-state index in [1.54, 1.807) is 0 Å². The minimum Gasteiger partial charge on any atom is -0.368 e. The number of hydrogen-bond acceptors (Lipinski definition) is 3. The summed E-state index contributed by atoms with van der Waals surface area (Å²) in [5, 5.41) is 8.13. The van der Waals surface area contributed by atoms with Gasteiger partial charge in [0.2, 0.25) is 0 Å². The van der Waals surface area contributed by atoms with E-state index in [1.165, 1.54) is 5.69 Å². The first-order valence-electron chi connectivity index (χ1n) is 8.26. The standard InChI is InChI=1S/C19H20N4O/c1-14-7-8-17-16(13-14)18(21-20-17)19(24)23-11-9-22(10-12-23)15-5-3-2-4-6-15/h2-8,13H,9-12H2,1H3,(H,20,21). The molecule has 5 heteroatoms. The van der Waals surface area contributed by atoms with Gasteiger partial charge in [-0.3, -0.25) is 9.89 Å². The zero-order valence-corrected chi connectivity index (χ0v) is 13.7. The highest BCUT2D eigenvalue weighted by Gasteiger charge is 2.25. The van der Waals surface area contributed by atoms with Gasteiger partial charge in [0.05, 0.1) is 5.52 Å². The van der Waals surface area contributed by atoms with Crippen molar-refractivity contribution in [1.82, 2.24) is 15.1 Å². The molecule has 24 heavy (non-hydrogen) atoms. The van der Waals surface area contributed by atoms with Crippen LogP contribution in [0.5, 0.6) is 0 Å². The lowest BCUT2D eigenvalue weighted by molar-refractivity contribution is 0.0743. The van der Waals surface area contributed by atoms with Gasteiger partial charge in [-0.05, 0) is 31.2 Å². The number of nitrogens with one attached hydrogen (secondary N) is 1. The summed E-state index contributed by atoms with van der Waals surface area (Å²) in [6.45, 7) is 5.15. The maximum atomic E-state index is 12.9. The highest BCUT2D eigenvalue weighted by molar-refractivity contribution is 6.04. The number of H-pyrrole nitrogens is 1. The Morgan fingerprint density at radius 2 is 1.79 bits per heavy atom. The van der Waals surface area contributed by atoms with Crippen molar-refractivity contribution in [3.8, 4) is 0 Å². The number of carbonyl (C=O) groups excluding carboxylic acids is 1. The largest absolute Gasteiger partial charge is 0.368 e. The van der Waals surface area contributed by atoms with Crippen LogP contribution >= 0.6 is 0 Å². The maximum absolute atomic E-state index is 12.9. The van der Waals surface area contributed by atoms with Crippen LogP contribution in [0, 0.1) is 6.92 Å². The van der Waals surface area contributed by atoms with Crippen LogP contribution < -0.4 is 4.90 Å². The van der Waals surface area contributed by atoms with Crippen molar-refractivity contribution < 1.29 is 4.79 Å². The Morgan fingerprint density at radius 3 is 2.54 bits per heavy atom. The van der Waals surface area contributed by atoms with E-state index in [0.717, 1.165) is 29.6 Å². The molecule has 5 nitrogen and oxygen atoms in total. The molecule has 0 radical (unpaired) electrons. The number of rotatable bonds is 2. The molecule has 1 aliphatic heterocycles. The van der Waals surface area contributed by atoms with E-state index in [1.807, 2.05) is 48.2 Å². The van der Waals surface area contributed by atoms with E-state index >= 15 is 0 Å². The molecule has 1 saturated heterocycles. The van der Waals surface area contributed by atoms with Gasteiger partial charge in [-0.2, -0.15) is 5.10 Å². The zero-order chi connectivity index (χ0) is 16.5. The Hall–Kier alpha value is -2.82. The van der Waals surface area contributed by atoms with Gasteiger partial charge in [0.15, 0.2) is 5.69 Å². The Bertz CT molecular complexity index is 863. The number of aromatic amines is 1. The molecule has 4 rings (SSSR count). The van der Waals surface area contributed by atoms with Crippen molar-refractivity contribution in [2.45, 2.75) is 6.92 Å². The van der Waals surface area contributed by atoms with Gasteiger partial charge in [0.25, 0.3) is 5.91 Å². The average molecular weight is 320 g/mol. The summed E-state index contributed by atoms with van der Waals surface area (Å²) in [5.74, 6) is 0.0135. The van der Waals surface area contributed by atoms with Crippen LogP contribution in [0.2, 0.25) is 0 Å². The fourth-order valence-corrected chi connectivity index (χ4v) is 3.25. The molecule has 0 spiro atoms. The number of amides is 1. The topological polar surface area (TPSA) is 52.2 Å². The number of aromatic nitrogens is 2. The summed E-state index contributed by atoms with van der Waals surface area (Å²) >= 11 is 0. The predicted octanol–water partition coefficient (Wildman–Crippen LogP) is 2.83. The van der Waals surface area contributed by atoms with Crippen LogP contribution in [0.3, 0.4) is 0 Å². The summed E-state index contributed by atoms with van der Waals surface area (Å²) in [6, 6.07) is 16.4. The van der Waals surface area contributed by atoms with Crippen LogP contribution in [0.1, 0.15) is 16.1 Å². The smallest absolute Gasteiger partial charge is 0.275 e. The lowest BCUT2D eigenvalue weighted by atomic mass is 10.1. The van der Waals surface area contributed by atoms with Crippen LogP contribution in [0.15, 0.2) is 48.5 Å². The Labute approximate surface area is 140 Å². The first kappa shape index (κ1) is 14.8. The minimum atomic E-state index is 0.0135. The molecule has 2 heterocycles. The van der Waals surface area contributed by atoms with Crippen LogP contribution in [0.25, 0.3) is 10.9 Å². The fraction of sp³-hybridized carbons (Fsp3) is 0.263. The summed E-state index contributed by atoms with van der Waals surface area (Å²) in [6.07, 6.45) is 0. The third-order valence-electron chi connectivity index (χ3n) is 4.61. The molecule has 0 unspecified atom stereocenters. The van der Waals surface area contributed by atoms with E-state index < -0.39 is 0 Å². The van der Waals surface area contributed by atoms with Gasteiger partial charge in [-0.15, -0.1) is 0 Å². The van der Waals surface area contributed by atoms with Gasteiger partial charge in [-0.1, -0.05) is 29.8 Å². The van der Waals surface area contributed by atoms with Gasteiger partial charge in [0.1, 0.15) is 0 Å². The summed E-state index contributed by atoms with van der Waals surface area (Å²) in [7, 11) is 0. The number of carbonyl (C=O) groups is 1. The Morgan fingerprint density at radius 1 is 1.04 bits per heavy atom. The second-order valence-corrected chi connectivity index (χ2v) is 6.24. The van der Waals surface area contributed by atoms with Gasteiger partial charge >= 0.3 is 0 Å². The van der Waals surface area contributed by atoms with Crippen LogP contribution in [-0.4, -0.2) is 47.2 Å². The first-order chi connectivity index (χ1) is 11.7. The van der Waals surface area contributed by atoms with E-state index in [4.69, 9.17) is 0 Å². The predicted molar refractivity (Wildman–Crippen MR) is 95.4 cm³/mol. The quantitative estimate of drug-likeness (QED) is 0.790. The number of anilines is 1. The lowest BCUT2D eigenvalue weighted by Crippen LogP contribution is -2.48. The lowest BCUT2D eigenvalue weighted by Gasteiger charge is -2.35. The van der Waals surface area contributed by atoms with Crippen LogP contribution in [-0.2, 0) is 0 Å². The Kier molecular flexibility index (Phi) is 3.69. The van der Waals surface area contributed by atoms with Crippen molar-refractivity contribution in [3.05, 3.63) is 59.8 Å². The second-order valence-electron chi connectivity index (χ2n) is 6.24. The van der Waals surface area contributed by atoms with Crippen molar-refractivity contribution >= 4 is 22.5 Å². The number of piperazine rings is 1. The third-order valence-corrected chi connectivity index (χ3v) is 4.61. The molecule has 1 amide bonds. The van der Waals surface area contributed by atoms with Gasteiger partial charge < -0.3 is 9.80 Å². The molecule has 2 aromatic carbocycles. The summed E-state index contributed by atoms with van der Waals surface area (Å²) in [5.41, 5.74) is 3.78. The number of hydrogen-bond donors (Lipinski definition) is 1. The van der Waals surface area contributed by atoms with E-state index in [2.05, 4.69) is 27.2 Å². The van der Waals surface area contributed by atoms with Crippen molar-refractivity contribution in [3.63, 3.8) is 0 Å². The molecule has 0 atom stereocenters. The van der Waals surface area contributed by atoms with Crippen LogP contribution in [0.4, 0.5) is 5.69 Å². The van der Waals surface area contributed by atoms with Crippen molar-refractivity contribution in [2.75, 3.05) is 31.1 Å². The molecule has 122 valence electrons. The molecule has 1 fully saturated rings. The third kappa shape index (κ3) is 2.62. The minimum absolute atomic E-state index is 0.0135. The number of benzene rings is 2. The highest BCUT2D eigenvalue weighted by atomic mass is 16.2. The molecule has 3 aromatic rings. The molecule has 0 saturated carbocycles. The SMILES string of the molecule is Cc1ccc2[nH]nc(C(=O)N3CCN(c4ccccc4)CC3)c2c1. The molecule has 0 aliphatic carbocycles. The van der Waals surface area contributed by atoms with E-state index in [-0.39, 0.29) is 5.91 Å². The summed E-state index contributed by atoms with van der Waals surface area (Å²) in [4.78, 5) is 17.1. The maximum Gasteiger partial charge on any atom is 0.275 e. The molecule has 1 aromatic heterocycles. The zero-order valence-electron chi connectivity index (χ0n) is 13.7. The highest BCUT2D eigenvalue weighted by Crippen LogP contribution is 2.21.